The van der Waals surface area contributed by atoms with Gasteiger partial charge in [-0.3, -0.25) is 4.79 Å². The van der Waals surface area contributed by atoms with Crippen molar-refractivity contribution in [1.82, 2.24) is 0 Å². The van der Waals surface area contributed by atoms with Crippen LogP contribution in [0.5, 0.6) is 0 Å². The maximum absolute atomic E-state index is 11.5. The molecule has 82 valence electrons. The second kappa shape index (κ2) is 4.30. The minimum absolute atomic E-state index is 0.00347. The van der Waals surface area contributed by atoms with Crippen LogP contribution in [0.3, 0.4) is 0 Å². The quantitative estimate of drug-likeness (QED) is 0.507. The molecule has 14 heavy (non-hydrogen) atoms. The Hall–Kier alpha value is -0.570. The SMILES string of the molecule is CC[N+](C)(CC)C[C@H]1C[C@@H](C)OC1=O. The Kier molecular flexibility index (Phi) is 3.53. The van der Waals surface area contributed by atoms with E-state index in [0.717, 1.165) is 30.5 Å². The fraction of sp³-hybridized carbons (Fsp3) is 0.909. The fourth-order valence-electron chi connectivity index (χ4n) is 2.00. The lowest BCUT2D eigenvalue weighted by Crippen LogP contribution is -2.47. The Labute approximate surface area is 86.6 Å². The summed E-state index contributed by atoms with van der Waals surface area (Å²) < 4.78 is 6.12. The molecule has 1 heterocycles. The first-order chi connectivity index (χ1) is 6.50. The average Bonchev–Trinajstić information content (AvgIpc) is 2.45. The van der Waals surface area contributed by atoms with Gasteiger partial charge in [-0.25, -0.2) is 0 Å². The van der Waals surface area contributed by atoms with E-state index in [1.165, 1.54) is 0 Å². The molecule has 0 unspecified atom stereocenters. The third-order valence-electron chi connectivity index (χ3n) is 3.46. The molecule has 3 nitrogen and oxygen atoms in total. The molecule has 1 fully saturated rings. The van der Waals surface area contributed by atoms with Gasteiger partial charge in [0.05, 0.1) is 26.7 Å². The summed E-state index contributed by atoms with van der Waals surface area (Å²) in [6.45, 7) is 9.40. The van der Waals surface area contributed by atoms with Gasteiger partial charge < -0.3 is 9.22 Å². The third-order valence-corrected chi connectivity index (χ3v) is 3.46. The lowest BCUT2D eigenvalue weighted by molar-refractivity contribution is -0.908. The molecular formula is C11H22NO2+. The molecule has 1 aliphatic heterocycles. The minimum atomic E-state index is 0.00347. The average molecular weight is 200 g/mol. The molecular weight excluding hydrogens is 178 g/mol. The lowest BCUT2D eigenvalue weighted by Gasteiger charge is -2.33. The molecule has 0 N–H and O–H groups in total. The Morgan fingerprint density at radius 1 is 1.43 bits per heavy atom. The summed E-state index contributed by atoms with van der Waals surface area (Å²) >= 11 is 0. The van der Waals surface area contributed by atoms with Crippen molar-refractivity contribution in [3.8, 4) is 0 Å². The highest BCUT2D eigenvalue weighted by atomic mass is 16.5. The van der Waals surface area contributed by atoms with Crippen LogP contribution in [0.2, 0.25) is 0 Å². The van der Waals surface area contributed by atoms with Crippen LogP contribution in [-0.4, -0.2) is 43.2 Å². The van der Waals surface area contributed by atoms with E-state index < -0.39 is 0 Å². The van der Waals surface area contributed by atoms with E-state index in [1.807, 2.05) is 6.92 Å². The van der Waals surface area contributed by atoms with Crippen LogP contribution < -0.4 is 0 Å². The van der Waals surface area contributed by atoms with Gasteiger partial charge in [-0.2, -0.15) is 0 Å². The van der Waals surface area contributed by atoms with Crippen molar-refractivity contribution in [3.05, 3.63) is 0 Å². The number of hydrogen-bond acceptors (Lipinski definition) is 2. The highest BCUT2D eigenvalue weighted by Gasteiger charge is 2.37. The smallest absolute Gasteiger partial charge is 0.315 e. The van der Waals surface area contributed by atoms with Gasteiger partial charge in [0.15, 0.2) is 0 Å². The molecule has 2 atom stereocenters. The van der Waals surface area contributed by atoms with Crippen LogP contribution >= 0.6 is 0 Å². The van der Waals surface area contributed by atoms with Gasteiger partial charge in [-0.05, 0) is 20.8 Å². The van der Waals surface area contributed by atoms with E-state index in [9.17, 15) is 4.79 Å². The first-order valence-corrected chi connectivity index (χ1v) is 5.54. The van der Waals surface area contributed by atoms with Gasteiger partial charge in [0, 0.05) is 6.42 Å². The Bertz CT molecular complexity index is 211. The molecule has 3 heteroatoms. The number of carbonyl (C=O) groups is 1. The molecule has 0 saturated carbocycles. The van der Waals surface area contributed by atoms with E-state index in [-0.39, 0.29) is 18.0 Å². The number of ether oxygens (including phenoxy) is 1. The fourth-order valence-corrected chi connectivity index (χ4v) is 2.00. The topological polar surface area (TPSA) is 26.3 Å². The Morgan fingerprint density at radius 3 is 2.36 bits per heavy atom. The van der Waals surface area contributed by atoms with Crippen molar-refractivity contribution in [2.24, 2.45) is 5.92 Å². The van der Waals surface area contributed by atoms with Gasteiger partial charge in [0.1, 0.15) is 12.0 Å². The molecule has 0 bridgehead atoms. The predicted octanol–water partition coefficient (Wildman–Crippen LogP) is 1.42. The van der Waals surface area contributed by atoms with Crippen LogP contribution in [0.4, 0.5) is 0 Å². The Balaban J connectivity index is 2.55. The van der Waals surface area contributed by atoms with Crippen LogP contribution in [-0.2, 0) is 9.53 Å². The van der Waals surface area contributed by atoms with E-state index in [1.54, 1.807) is 0 Å². The Morgan fingerprint density at radius 2 is 2.00 bits per heavy atom. The minimum Gasteiger partial charge on any atom is -0.462 e. The molecule has 0 amide bonds. The zero-order valence-corrected chi connectivity index (χ0v) is 9.75. The summed E-state index contributed by atoms with van der Waals surface area (Å²) in [7, 11) is 2.20. The first kappa shape index (κ1) is 11.5. The van der Waals surface area contributed by atoms with Crippen LogP contribution in [0.1, 0.15) is 27.2 Å². The molecule has 0 spiro atoms. The molecule has 1 aliphatic rings. The third kappa shape index (κ3) is 2.47. The van der Waals surface area contributed by atoms with Crippen molar-refractivity contribution in [2.75, 3.05) is 26.7 Å². The van der Waals surface area contributed by atoms with E-state index in [2.05, 4.69) is 20.9 Å². The summed E-state index contributed by atoms with van der Waals surface area (Å²) in [6.07, 6.45) is 1.02. The van der Waals surface area contributed by atoms with Gasteiger partial charge in [-0.1, -0.05) is 0 Å². The summed E-state index contributed by atoms with van der Waals surface area (Å²) in [6, 6.07) is 0. The van der Waals surface area contributed by atoms with Crippen molar-refractivity contribution in [3.63, 3.8) is 0 Å². The second-order valence-electron chi connectivity index (χ2n) is 4.61. The second-order valence-corrected chi connectivity index (χ2v) is 4.61. The van der Waals surface area contributed by atoms with E-state index >= 15 is 0 Å². The maximum Gasteiger partial charge on any atom is 0.315 e. The molecule has 0 aromatic heterocycles. The molecule has 1 saturated heterocycles. The van der Waals surface area contributed by atoms with Crippen molar-refractivity contribution in [2.45, 2.75) is 33.3 Å². The van der Waals surface area contributed by atoms with E-state index in [4.69, 9.17) is 4.74 Å². The highest BCUT2D eigenvalue weighted by molar-refractivity contribution is 5.74. The normalized spacial score (nSPS) is 27.9. The van der Waals surface area contributed by atoms with Crippen molar-refractivity contribution < 1.29 is 14.0 Å². The van der Waals surface area contributed by atoms with Gasteiger partial charge in [-0.15, -0.1) is 0 Å². The van der Waals surface area contributed by atoms with Crippen LogP contribution in [0.25, 0.3) is 0 Å². The summed E-state index contributed by atoms with van der Waals surface area (Å²) in [5, 5.41) is 0. The number of nitrogens with zero attached hydrogens (tertiary/aromatic N) is 1. The zero-order valence-electron chi connectivity index (χ0n) is 9.75. The van der Waals surface area contributed by atoms with Crippen molar-refractivity contribution >= 4 is 5.97 Å². The van der Waals surface area contributed by atoms with Gasteiger partial charge in [0.25, 0.3) is 0 Å². The first-order valence-electron chi connectivity index (χ1n) is 5.54. The lowest BCUT2D eigenvalue weighted by atomic mass is 10.0. The highest BCUT2D eigenvalue weighted by Crippen LogP contribution is 2.23. The summed E-state index contributed by atoms with van der Waals surface area (Å²) in [5.74, 6) is 0.124. The maximum atomic E-state index is 11.5. The molecule has 0 aromatic rings. The predicted molar refractivity (Wildman–Crippen MR) is 55.8 cm³/mol. The molecule has 0 aliphatic carbocycles. The van der Waals surface area contributed by atoms with E-state index in [0.29, 0.717) is 0 Å². The summed E-state index contributed by atoms with van der Waals surface area (Å²) in [5.41, 5.74) is 0. The molecule has 0 radical (unpaired) electrons. The number of quaternary nitrogens is 1. The number of cyclic esters (lactones) is 1. The van der Waals surface area contributed by atoms with Gasteiger partial charge in [0.2, 0.25) is 0 Å². The van der Waals surface area contributed by atoms with Crippen LogP contribution in [0, 0.1) is 5.92 Å². The standard InChI is InChI=1S/C11H22NO2/c1-5-12(4,6-2)8-10-7-9(3)14-11(10)13/h9-10H,5-8H2,1-4H3/q+1/t9-,10-/m1/s1. The van der Waals surface area contributed by atoms with Crippen molar-refractivity contribution in [1.29, 1.82) is 0 Å². The summed E-state index contributed by atoms with van der Waals surface area (Å²) in [4.78, 5) is 11.5. The van der Waals surface area contributed by atoms with Gasteiger partial charge >= 0.3 is 5.97 Å². The zero-order chi connectivity index (χ0) is 10.8. The number of rotatable bonds is 4. The number of hydrogen-bond donors (Lipinski definition) is 0. The van der Waals surface area contributed by atoms with Crippen LogP contribution in [0.15, 0.2) is 0 Å². The number of esters is 1. The largest absolute Gasteiger partial charge is 0.462 e. The monoisotopic (exact) mass is 200 g/mol. The molecule has 1 rings (SSSR count). The molecule has 0 aromatic carbocycles. The number of carbonyl (C=O) groups excluding carboxylic acids is 1.